The minimum absolute atomic E-state index is 0.206. The van der Waals surface area contributed by atoms with Gasteiger partial charge in [-0.05, 0) is 11.5 Å². The summed E-state index contributed by atoms with van der Waals surface area (Å²) >= 11 is 0. The van der Waals surface area contributed by atoms with E-state index >= 15 is 0 Å². The summed E-state index contributed by atoms with van der Waals surface area (Å²) in [6.07, 6.45) is 0. The van der Waals surface area contributed by atoms with E-state index in [1.807, 2.05) is 0 Å². The Balaban J connectivity index is 2.86. The molecule has 0 fully saturated rings. The van der Waals surface area contributed by atoms with Gasteiger partial charge in [0.1, 0.15) is 0 Å². The molecule has 0 atom stereocenters. The van der Waals surface area contributed by atoms with Gasteiger partial charge in [0.05, 0.1) is 5.69 Å². The number of hydrogen-bond acceptors (Lipinski definition) is 4. The molecule has 0 radical (unpaired) electrons. The highest BCUT2D eigenvalue weighted by atomic mass is 32.3. The maximum Gasteiger partial charge on any atom is 0.374 e. The Morgan fingerprint density at radius 2 is 1.53 bits per heavy atom. The van der Waals surface area contributed by atoms with E-state index in [9.17, 15) is 16.8 Å². The number of hydrogen-bond donors (Lipinski definition) is 2. The highest BCUT2D eigenvalue weighted by Crippen LogP contribution is 2.29. The van der Waals surface area contributed by atoms with Gasteiger partial charge in [0.15, 0.2) is 0 Å². The van der Waals surface area contributed by atoms with Crippen LogP contribution in [0.5, 0.6) is 0 Å². The maximum absolute atomic E-state index is 11.4. The molecule has 0 amide bonds. The van der Waals surface area contributed by atoms with Gasteiger partial charge in [0.25, 0.3) is 0 Å². The third-order valence-electron chi connectivity index (χ3n) is 2.40. The van der Waals surface area contributed by atoms with E-state index in [0.29, 0.717) is 10.8 Å². The van der Waals surface area contributed by atoms with E-state index in [1.54, 1.807) is 24.3 Å². The summed E-state index contributed by atoms with van der Waals surface area (Å²) in [5.74, 6) is 0. The van der Waals surface area contributed by atoms with Gasteiger partial charge in [0, 0.05) is 5.39 Å². The smallest absolute Gasteiger partial charge is 0.268 e. The van der Waals surface area contributed by atoms with Gasteiger partial charge in [-0.25, -0.2) is 5.14 Å². The SMILES string of the molecule is NS(=O)(=O)N(c1cccc2ccccc12)S(=O)(=O)O. The zero-order valence-electron chi connectivity index (χ0n) is 9.46. The predicted octanol–water partition coefficient (Wildman–Crippen LogP) is 0.653. The van der Waals surface area contributed by atoms with Crippen molar-refractivity contribution in [3.8, 4) is 0 Å². The number of nitrogens with zero attached hydrogens (tertiary/aromatic N) is 1. The summed E-state index contributed by atoms with van der Waals surface area (Å²) in [6.45, 7) is 0. The molecule has 0 spiro atoms. The lowest BCUT2D eigenvalue weighted by Crippen LogP contribution is -2.41. The topological polar surface area (TPSA) is 118 Å². The van der Waals surface area contributed by atoms with Gasteiger partial charge < -0.3 is 0 Å². The lowest BCUT2D eigenvalue weighted by atomic mass is 10.1. The van der Waals surface area contributed by atoms with Crippen molar-refractivity contribution in [3.05, 3.63) is 42.5 Å². The molecular formula is C10H10N2O5S2. The van der Waals surface area contributed by atoms with Crippen molar-refractivity contribution >= 4 is 37.0 Å². The summed E-state index contributed by atoms with van der Waals surface area (Å²) in [6, 6.07) is 10.9. The zero-order valence-corrected chi connectivity index (χ0v) is 11.1. The Bertz CT molecular complexity index is 793. The average molecular weight is 302 g/mol. The Morgan fingerprint density at radius 1 is 0.947 bits per heavy atom. The molecule has 2 aromatic carbocycles. The first kappa shape index (κ1) is 13.7. The highest BCUT2D eigenvalue weighted by molar-refractivity contribution is 8.06. The Morgan fingerprint density at radius 3 is 2.11 bits per heavy atom. The molecule has 0 aliphatic carbocycles. The maximum atomic E-state index is 11.4. The molecule has 102 valence electrons. The minimum atomic E-state index is -5.05. The Labute approximate surface area is 110 Å². The summed E-state index contributed by atoms with van der Waals surface area (Å²) in [4.78, 5) is 0. The lowest BCUT2D eigenvalue weighted by molar-refractivity contribution is 0.484. The average Bonchev–Trinajstić information content (AvgIpc) is 2.25. The van der Waals surface area contributed by atoms with Crippen LogP contribution in [-0.4, -0.2) is 21.4 Å². The van der Waals surface area contributed by atoms with Crippen LogP contribution in [0.15, 0.2) is 42.5 Å². The zero-order chi connectivity index (χ0) is 14.3. The summed E-state index contributed by atoms with van der Waals surface area (Å²) in [5, 5.41) is 5.79. The van der Waals surface area contributed by atoms with Crippen LogP contribution in [0.4, 0.5) is 5.69 Å². The molecule has 0 unspecified atom stereocenters. The Kier molecular flexibility index (Phi) is 3.22. The van der Waals surface area contributed by atoms with Crippen LogP contribution in [0.1, 0.15) is 0 Å². The number of nitrogens with two attached hydrogens (primary N) is 1. The van der Waals surface area contributed by atoms with Crippen molar-refractivity contribution in [2.24, 2.45) is 5.14 Å². The second-order valence-corrected chi connectivity index (χ2v) is 6.61. The van der Waals surface area contributed by atoms with Crippen LogP contribution >= 0.6 is 0 Å². The van der Waals surface area contributed by atoms with Crippen molar-refractivity contribution in [2.45, 2.75) is 0 Å². The fourth-order valence-electron chi connectivity index (χ4n) is 1.76. The second kappa shape index (κ2) is 4.46. The van der Waals surface area contributed by atoms with E-state index in [2.05, 4.69) is 0 Å². The van der Waals surface area contributed by atoms with Gasteiger partial charge in [-0.3, -0.25) is 4.55 Å². The third-order valence-corrected chi connectivity index (χ3v) is 4.87. The molecule has 0 saturated carbocycles. The molecular weight excluding hydrogens is 292 g/mol. The molecule has 9 heteroatoms. The van der Waals surface area contributed by atoms with Gasteiger partial charge >= 0.3 is 20.5 Å². The number of anilines is 1. The van der Waals surface area contributed by atoms with Crippen molar-refractivity contribution < 1.29 is 21.4 Å². The first-order valence-electron chi connectivity index (χ1n) is 5.00. The Hall–Kier alpha value is -1.68. The lowest BCUT2D eigenvalue weighted by Gasteiger charge is -2.19. The number of rotatable bonds is 3. The largest absolute Gasteiger partial charge is 0.374 e. The number of benzene rings is 2. The molecule has 2 rings (SSSR count). The molecule has 0 aliphatic rings. The molecule has 0 bridgehead atoms. The van der Waals surface area contributed by atoms with Crippen molar-refractivity contribution in [1.82, 2.24) is 0 Å². The van der Waals surface area contributed by atoms with Gasteiger partial charge in [-0.2, -0.15) is 16.8 Å². The van der Waals surface area contributed by atoms with E-state index in [-0.39, 0.29) is 9.40 Å². The van der Waals surface area contributed by atoms with Crippen molar-refractivity contribution in [1.29, 1.82) is 0 Å². The summed E-state index contributed by atoms with van der Waals surface area (Å²) < 4.78 is 54.1. The van der Waals surface area contributed by atoms with Crippen molar-refractivity contribution in [2.75, 3.05) is 3.71 Å². The fourth-order valence-corrected chi connectivity index (χ4v) is 3.65. The third kappa shape index (κ3) is 2.68. The first-order chi connectivity index (χ1) is 8.71. The van der Waals surface area contributed by atoms with E-state index < -0.39 is 20.5 Å². The second-order valence-electron chi connectivity index (χ2n) is 3.72. The molecule has 19 heavy (non-hydrogen) atoms. The fraction of sp³-hybridized carbons (Fsp3) is 0. The molecule has 7 nitrogen and oxygen atoms in total. The first-order valence-corrected chi connectivity index (χ1v) is 7.90. The molecule has 0 saturated heterocycles. The number of fused-ring (bicyclic) bond motifs is 1. The van der Waals surface area contributed by atoms with E-state index in [0.717, 1.165) is 0 Å². The van der Waals surface area contributed by atoms with Crippen LogP contribution in [-0.2, 0) is 20.5 Å². The molecule has 0 aromatic heterocycles. The molecule has 0 heterocycles. The summed E-state index contributed by atoms with van der Waals surface area (Å²) in [7, 11) is -9.72. The van der Waals surface area contributed by atoms with Gasteiger partial charge in [-0.1, -0.05) is 36.4 Å². The highest BCUT2D eigenvalue weighted by Gasteiger charge is 2.31. The van der Waals surface area contributed by atoms with E-state index in [4.69, 9.17) is 9.69 Å². The van der Waals surface area contributed by atoms with Crippen LogP contribution in [0.25, 0.3) is 10.8 Å². The molecule has 3 N–H and O–H groups in total. The predicted molar refractivity (Wildman–Crippen MR) is 71.1 cm³/mol. The van der Waals surface area contributed by atoms with Gasteiger partial charge in [0.2, 0.25) is 0 Å². The molecule has 2 aromatic rings. The quantitative estimate of drug-likeness (QED) is 0.807. The van der Waals surface area contributed by atoms with E-state index in [1.165, 1.54) is 18.2 Å². The minimum Gasteiger partial charge on any atom is -0.268 e. The van der Waals surface area contributed by atoms with Crippen LogP contribution in [0, 0.1) is 0 Å². The van der Waals surface area contributed by atoms with Crippen LogP contribution in [0.2, 0.25) is 0 Å². The van der Waals surface area contributed by atoms with Crippen LogP contribution < -0.4 is 8.85 Å². The molecule has 0 aliphatic heterocycles. The standard InChI is InChI=1S/C10H10N2O5S2/c11-18(13,14)12(19(15,16)17)10-7-3-5-8-4-1-2-6-9(8)10/h1-7H,(H2,11,13,14)(H,15,16,17). The monoisotopic (exact) mass is 302 g/mol. The van der Waals surface area contributed by atoms with Crippen molar-refractivity contribution in [3.63, 3.8) is 0 Å². The normalized spacial score (nSPS) is 12.5. The van der Waals surface area contributed by atoms with Crippen LogP contribution in [0.3, 0.4) is 0 Å². The van der Waals surface area contributed by atoms with Gasteiger partial charge in [-0.15, -0.1) is 3.71 Å². The summed E-state index contributed by atoms with van der Waals surface area (Å²) in [5.41, 5.74) is -0.233.